The van der Waals surface area contributed by atoms with Gasteiger partial charge >= 0.3 is 0 Å². The summed E-state index contributed by atoms with van der Waals surface area (Å²) in [7, 11) is 0. The van der Waals surface area contributed by atoms with Gasteiger partial charge in [0.05, 0.1) is 11.6 Å². The van der Waals surface area contributed by atoms with E-state index >= 15 is 0 Å². The van der Waals surface area contributed by atoms with Crippen molar-refractivity contribution in [2.24, 2.45) is 0 Å². The van der Waals surface area contributed by atoms with Crippen LogP contribution in [-0.2, 0) is 0 Å². The predicted octanol–water partition coefficient (Wildman–Crippen LogP) is 3.86. The second-order valence-electron chi connectivity index (χ2n) is 4.13. The molecule has 0 aliphatic carbocycles. The van der Waals surface area contributed by atoms with Gasteiger partial charge in [0.2, 0.25) is 0 Å². The fourth-order valence-corrected chi connectivity index (χ4v) is 1.68. The van der Waals surface area contributed by atoms with Gasteiger partial charge in [-0.2, -0.15) is 5.26 Å². The molecule has 0 amide bonds. The summed E-state index contributed by atoms with van der Waals surface area (Å²) in [5, 5.41) is 12.2. The average Bonchev–Trinajstić information content (AvgIpc) is 2.29. The van der Waals surface area contributed by atoms with Crippen molar-refractivity contribution in [1.29, 1.82) is 5.26 Å². The zero-order valence-electron chi connectivity index (χ0n) is 10.2. The van der Waals surface area contributed by atoms with E-state index in [1.54, 1.807) is 0 Å². The number of nitrogens with zero attached hydrogens (tertiary/aromatic N) is 1. The number of hydrogen-bond acceptors (Lipinski definition) is 2. The van der Waals surface area contributed by atoms with Crippen LogP contribution in [0.25, 0.3) is 0 Å². The summed E-state index contributed by atoms with van der Waals surface area (Å²) in [5.41, 5.74) is 2.92. The van der Waals surface area contributed by atoms with Crippen LogP contribution in [0, 0.1) is 18.3 Å². The van der Waals surface area contributed by atoms with E-state index in [-0.39, 0.29) is 0 Å². The summed E-state index contributed by atoms with van der Waals surface area (Å²) < 4.78 is 0. The van der Waals surface area contributed by atoms with Gasteiger partial charge in [0.1, 0.15) is 0 Å². The number of unbranched alkanes of at least 4 members (excludes halogenated alkanes) is 3. The number of nitriles is 1. The van der Waals surface area contributed by atoms with Crippen molar-refractivity contribution in [2.45, 2.75) is 39.5 Å². The minimum Gasteiger partial charge on any atom is -0.385 e. The Morgan fingerprint density at radius 1 is 1.25 bits per heavy atom. The summed E-state index contributed by atoms with van der Waals surface area (Å²) >= 11 is 0. The van der Waals surface area contributed by atoms with E-state index in [9.17, 15) is 0 Å². The Morgan fingerprint density at radius 3 is 2.69 bits per heavy atom. The molecule has 1 aromatic carbocycles. The van der Waals surface area contributed by atoms with Crippen LogP contribution in [0.3, 0.4) is 0 Å². The zero-order chi connectivity index (χ0) is 11.8. The van der Waals surface area contributed by atoms with Crippen LogP contribution < -0.4 is 5.32 Å². The predicted molar refractivity (Wildman–Crippen MR) is 68.5 cm³/mol. The van der Waals surface area contributed by atoms with E-state index in [2.05, 4.69) is 18.3 Å². The smallest absolute Gasteiger partial charge is 0.0994 e. The molecular weight excluding hydrogens is 196 g/mol. The summed E-state index contributed by atoms with van der Waals surface area (Å²) in [6.07, 6.45) is 5.09. The van der Waals surface area contributed by atoms with Crippen molar-refractivity contribution in [2.75, 3.05) is 11.9 Å². The largest absolute Gasteiger partial charge is 0.385 e. The molecule has 86 valence electrons. The lowest BCUT2D eigenvalue weighted by Gasteiger charge is -2.07. The second kappa shape index (κ2) is 6.90. The first-order valence-electron chi connectivity index (χ1n) is 6.02. The maximum absolute atomic E-state index is 8.81. The lowest BCUT2D eigenvalue weighted by molar-refractivity contribution is 0.685. The molecule has 0 aromatic heterocycles. The molecule has 0 atom stereocenters. The maximum atomic E-state index is 8.81. The minimum absolute atomic E-state index is 0.761. The summed E-state index contributed by atoms with van der Waals surface area (Å²) in [6.45, 7) is 5.21. The van der Waals surface area contributed by atoms with Crippen LogP contribution in [0.15, 0.2) is 18.2 Å². The molecule has 1 N–H and O–H groups in total. The van der Waals surface area contributed by atoms with E-state index in [0.717, 1.165) is 23.4 Å². The van der Waals surface area contributed by atoms with E-state index < -0.39 is 0 Å². The molecule has 0 fully saturated rings. The molecule has 0 heterocycles. The van der Waals surface area contributed by atoms with Crippen molar-refractivity contribution in [3.8, 4) is 6.07 Å². The SMILES string of the molecule is CCCCCCNc1ccc(C#N)c(C)c1. The maximum Gasteiger partial charge on any atom is 0.0994 e. The summed E-state index contributed by atoms with van der Waals surface area (Å²) in [6, 6.07) is 8.07. The Hall–Kier alpha value is -1.49. The molecule has 16 heavy (non-hydrogen) atoms. The number of nitrogens with one attached hydrogen (secondary N) is 1. The van der Waals surface area contributed by atoms with Gasteiger partial charge in [0.15, 0.2) is 0 Å². The molecule has 0 aliphatic heterocycles. The Labute approximate surface area is 98.3 Å². The van der Waals surface area contributed by atoms with Gasteiger partial charge in [0.25, 0.3) is 0 Å². The van der Waals surface area contributed by atoms with E-state index in [4.69, 9.17) is 5.26 Å². The van der Waals surface area contributed by atoms with Crippen LogP contribution in [0.1, 0.15) is 43.7 Å². The molecule has 2 nitrogen and oxygen atoms in total. The topological polar surface area (TPSA) is 35.8 Å². The Balaban J connectivity index is 2.38. The van der Waals surface area contributed by atoms with Crippen molar-refractivity contribution in [3.05, 3.63) is 29.3 Å². The molecule has 0 saturated carbocycles. The highest BCUT2D eigenvalue weighted by Crippen LogP contribution is 2.14. The quantitative estimate of drug-likeness (QED) is 0.733. The van der Waals surface area contributed by atoms with Gasteiger partial charge in [-0.3, -0.25) is 0 Å². The van der Waals surface area contributed by atoms with E-state index in [1.165, 1.54) is 25.7 Å². The summed E-state index contributed by atoms with van der Waals surface area (Å²) in [5.74, 6) is 0. The Kier molecular flexibility index (Phi) is 5.42. The fourth-order valence-electron chi connectivity index (χ4n) is 1.68. The number of anilines is 1. The number of rotatable bonds is 6. The van der Waals surface area contributed by atoms with E-state index in [1.807, 2.05) is 25.1 Å². The summed E-state index contributed by atoms with van der Waals surface area (Å²) in [4.78, 5) is 0. The fraction of sp³-hybridized carbons (Fsp3) is 0.500. The standard InChI is InChI=1S/C14H20N2/c1-3-4-5-6-9-16-14-8-7-13(11-15)12(2)10-14/h7-8,10,16H,3-6,9H2,1-2H3. The number of benzene rings is 1. The monoisotopic (exact) mass is 216 g/mol. The molecule has 0 spiro atoms. The molecule has 1 rings (SSSR count). The van der Waals surface area contributed by atoms with Gasteiger partial charge in [0, 0.05) is 12.2 Å². The third-order valence-electron chi connectivity index (χ3n) is 2.71. The van der Waals surface area contributed by atoms with Crippen LogP contribution in [0.2, 0.25) is 0 Å². The molecule has 0 unspecified atom stereocenters. The van der Waals surface area contributed by atoms with Crippen LogP contribution in [-0.4, -0.2) is 6.54 Å². The van der Waals surface area contributed by atoms with Gasteiger partial charge in [-0.25, -0.2) is 0 Å². The highest BCUT2D eigenvalue weighted by atomic mass is 14.9. The van der Waals surface area contributed by atoms with Gasteiger partial charge in [-0.1, -0.05) is 26.2 Å². The molecule has 0 bridgehead atoms. The van der Waals surface area contributed by atoms with Crippen molar-refractivity contribution < 1.29 is 0 Å². The first kappa shape index (κ1) is 12.6. The third-order valence-corrected chi connectivity index (χ3v) is 2.71. The molecular formula is C14H20N2. The highest BCUT2D eigenvalue weighted by Gasteiger charge is 1.98. The lowest BCUT2D eigenvalue weighted by Crippen LogP contribution is -2.01. The molecule has 1 aromatic rings. The van der Waals surface area contributed by atoms with Crippen molar-refractivity contribution in [3.63, 3.8) is 0 Å². The third kappa shape index (κ3) is 3.94. The Morgan fingerprint density at radius 2 is 2.06 bits per heavy atom. The molecule has 0 radical (unpaired) electrons. The second-order valence-corrected chi connectivity index (χ2v) is 4.13. The molecule has 0 aliphatic rings. The number of hydrogen-bond donors (Lipinski definition) is 1. The minimum atomic E-state index is 0.761. The highest BCUT2D eigenvalue weighted by molar-refractivity contribution is 5.51. The normalized spacial score (nSPS) is 9.81. The van der Waals surface area contributed by atoms with Gasteiger partial charge in [-0.05, 0) is 37.1 Å². The first-order valence-corrected chi connectivity index (χ1v) is 6.02. The lowest BCUT2D eigenvalue weighted by atomic mass is 10.1. The zero-order valence-corrected chi connectivity index (χ0v) is 10.2. The van der Waals surface area contributed by atoms with Crippen LogP contribution in [0.5, 0.6) is 0 Å². The van der Waals surface area contributed by atoms with Gasteiger partial charge < -0.3 is 5.32 Å². The first-order chi connectivity index (χ1) is 7.77. The Bertz CT molecular complexity index is 363. The molecule has 0 saturated heterocycles. The van der Waals surface area contributed by atoms with Crippen LogP contribution >= 0.6 is 0 Å². The molecule has 2 heteroatoms. The van der Waals surface area contributed by atoms with Crippen molar-refractivity contribution in [1.82, 2.24) is 0 Å². The van der Waals surface area contributed by atoms with Gasteiger partial charge in [-0.15, -0.1) is 0 Å². The van der Waals surface area contributed by atoms with Crippen molar-refractivity contribution >= 4 is 5.69 Å². The number of aryl methyl sites for hydroxylation is 1. The van der Waals surface area contributed by atoms with Crippen LogP contribution in [0.4, 0.5) is 5.69 Å². The van der Waals surface area contributed by atoms with E-state index in [0.29, 0.717) is 0 Å². The average molecular weight is 216 g/mol.